The standard InChI is InChI=1S/C15H15ClFN3O/c1-20(9-10-2-4-11(17)5-3-10)12-6-7-13(14(16)8-12)15(18)19-21/h2-8,21H,9H2,1H3,(H2,18,19). The molecule has 0 saturated carbocycles. The van der Waals surface area contributed by atoms with Gasteiger partial charge in [-0.2, -0.15) is 0 Å². The highest BCUT2D eigenvalue weighted by atomic mass is 35.5. The third kappa shape index (κ3) is 3.64. The van der Waals surface area contributed by atoms with Crippen LogP contribution in [0, 0.1) is 5.82 Å². The molecule has 2 rings (SSSR count). The van der Waals surface area contributed by atoms with Gasteiger partial charge in [-0.3, -0.25) is 0 Å². The van der Waals surface area contributed by atoms with Crippen LogP contribution in [0.2, 0.25) is 5.02 Å². The van der Waals surface area contributed by atoms with Crippen LogP contribution in [0.25, 0.3) is 0 Å². The SMILES string of the molecule is CN(Cc1ccc(F)cc1)c1ccc(C(N)=NO)c(Cl)c1. The lowest BCUT2D eigenvalue weighted by Gasteiger charge is -2.20. The zero-order valence-electron chi connectivity index (χ0n) is 11.4. The summed E-state index contributed by atoms with van der Waals surface area (Å²) in [6, 6.07) is 11.6. The quantitative estimate of drug-likeness (QED) is 0.394. The second kappa shape index (κ2) is 6.45. The number of amidine groups is 1. The predicted molar refractivity (Wildman–Crippen MR) is 82.5 cm³/mol. The Morgan fingerprint density at radius 2 is 1.95 bits per heavy atom. The Hall–Kier alpha value is -2.27. The molecule has 2 aromatic carbocycles. The van der Waals surface area contributed by atoms with Crippen LogP contribution in [-0.2, 0) is 6.54 Å². The van der Waals surface area contributed by atoms with E-state index in [-0.39, 0.29) is 11.7 Å². The van der Waals surface area contributed by atoms with Crippen LogP contribution in [-0.4, -0.2) is 18.1 Å². The van der Waals surface area contributed by atoms with Crippen LogP contribution in [0.15, 0.2) is 47.6 Å². The molecule has 0 fully saturated rings. The molecule has 0 amide bonds. The number of nitrogens with zero attached hydrogens (tertiary/aromatic N) is 2. The Kier molecular flexibility index (Phi) is 4.65. The average Bonchev–Trinajstić information content (AvgIpc) is 2.48. The third-order valence-corrected chi connectivity index (χ3v) is 3.42. The van der Waals surface area contributed by atoms with Crippen LogP contribution in [0.4, 0.5) is 10.1 Å². The van der Waals surface area contributed by atoms with Gasteiger partial charge in [0.05, 0.1) is 5.02 Å². The lowest BCUT2D eigenvalue weighted by atomic mass is 10.1. The topological polar surface area (TPSA) is 61.8 Å². The number of halogens is 2. The lowest BCUT2D eigenvalue weighted by molar-refractivity contribution is 0.318. The Bertz CT molecular complexity index is 658. The molecule has 110 valence electrons. The van der Waals surface area contributed by atoms with Gasteiger partial charge in [0.1, 0.15) is 5.82 Å². The molecule has 4 nitrogen and oxygen atoms in total. The van der Waals surface area contributed by atoms with Gasteiger partial charge in [0.2, 0.25) is 0 Å². The van der Waals surface area contributed by atoms with Gasteiger partial charge < -0.3 is 15.8 Å². The van der Waals surface area contributed by atoms with Crippen molar-refractivity contribution >= 4 is 23.1 Å². The van der Waals surface area contributed by atoms with Gasteiger partial charge in [0.15, 0.2) is 5.84 Å². The average molecular weight is 308 g/mol. The molecule has 0 aliphatic rings. The molecule has 0 bridgehead atoms. The fourth-order valence-electron chi connectivity index (χ4n) is 1.96. The van der Waals surface area contributed by atoms with E-state index in [1.165, 1.54) is 12.1 Å². The van der Waals surface area contributed by atoms with E-state index in [1.54, 1.807) is 24.3 Å². The molecule has 0 radical (unpaired) electrons. The van der Waals surface area contributed by atoms with Crippen molar-refractivity contribution in [2.45, 2.75) is 6.54 Å². The Balaban J connectivity index is 2.18. The molecule has 0 unspecified atom stereocenters. The molecule has 21 heavy (non-hydrogen) atoms. The minimum Gasteiger partial charge on any atom is -0.409 e. The second-order valence-corrected chi connectivity index (χ2v) is 5.04. The summed E-state index contributed by atoms with van der Waals surface area (Å²) in [5.74, 6) is -0.291. The van der Waals surface area contributed by atoms with Crippen molar-refractivity contribution in [2.75, 3.05) is 11.9 Å². The smallest absolute Gasteiger partial charge is 0.171 e. The molecule has 2 aromatic rings. The Labute approximate surface area is 127 Å². The maximum Gasteiger partial charge on any atom is 0.171 e. The Morgan fingerprint density at radius 1 is 1.29 bits per heavy atom. The molecule has 6 heteroatoms. The maximum atomic E-state index is 12.9. The summed E-state index contributed by atoms with van der Waals surface area (Å²) in [4.78, 5) is 1.97. The van der Waals surface area contributed by atoms with E-state index in [4.69, 9.17) is 22.5 Å². The number of anilines is 1. The Morgan fingerprint density at radius 3 is 2.52 bits per heavy atom. The molecule has 0 aliphatic heterocycles. The largest absolute Gasteiger partial charge is 0.409 e. The summed E-state index contributed by atoms with van der Waals surface area (Å²) < 4.78 is 12.9. The van der Waals surface area contributed by atoms with Gasteiger partial charge in [0.25, 0.3) is 0 Å². The lowest BCUT2D eigenvalue weighted by Crippen LogP contribution is -2.18. The minimum atomic E-state index is -0.257. The van der Waals surface area contributed by atoms with E-state index in [2.05, 4.69) is 5.16 Å². The first kappa shape index (κ1) is 15.1. The fourth-order valence-corrected chi connectivity index (χ4v) is 2.23. The number of hydrogen-bond acceptors (Lipinski definition) is 3. The highest BCUT2D eigenvalue weighted by molar-refractivity contribution is 6.34. The van der Waals surface area contributed by atoms with Crippen LogP contribution in [0.1, 0.15) is 11.1 Å². The van der Waals surface area contributed by atoms with Crippen molar-refractivity contribution < 1.29 is 9.60 Å². The zero-order chi connectivity index (χ0) is 15.4. The minimum absolute atomic E-state index is 0.0345. The van der Waals surface area contributed by atoms with Crippen molar-refractivity contribution in [3.63, 3.8) is 0 Å². The van der Waals surface area contributed by atoms with Crippen LogP contribution < -0.4 is 10.6 Å². The molecule has 0 heterocycles. The van der Waals surface area contributed by atoms with Crippen molar-refractivity contribution in [1.82, 2.24) is 0 Å². The highest BCUT2D eigenvalue weighted by Gasteiger charge is 2.09. The summed E-state index contributed by atoms with van der Waals surface area (Å²) in [5, 5.41) is 12.0. The summed E-state index contributed by atoms with van der Waals surface area (Å²) in [5.41, 5.74) is 7.85. The van der Waals surface area contributed by atoms with Gasteiger partial charge in [-0.05, 0) is 35.9 Å². The van der Waals surface area contributed by atoms with Gasteiger partial charge in [-0.1, -0.05) is 28.9 Å². The number of benzene rings is 2. The zero-order valence-corrected chi connectivity index (χ0v) is 12.2. The monoisotopic (exact) mass is 307 g/mol. The molecule has 0 atom stereocenters. The second-order valence-electron chi connectivity index (χ2n) is 4.63. The first-order valence-corrected chi connectivity index (χ1v) is 6.62. The molecule has 0 aliphatic carbocycles. The first-order chi connectivity index (χ1) is 10.0. The van der Waals surface area contributed by atoms with Crippen molar-refractivity contribution in [3.05, 3.63) is 64.4 Å². The fraction of sp³-hybridized carbons (Fsp3) is 0.133. The van der Waals surface area contributed by atoms with Gasteiger partial charge in [0, 0.05) is 24.8 Å². The van der Waals surface area contributed by atoms with Crippen molar-refractivity contribution in [3.8, 4) is 0 Å². The molecule has 3 N–H and O–H groups in total. The summed E-state index contributed by atoms with van der Waals surface area (Å²) in [6.45, 7) is 0.611. The van der Waals surface area contributed by atoms with Crippen molar-refractivity contribution in [2.24, 2.45) is 10.9 Å². The number of hydrogen-bond donors (Lipinski definition) is 2. The number of rotatable bonds is 4. The summed E-state index contributed by atoms with van der Waals surface area (Å²) in [7, 11) is 1.90. The highest BCUT2D eigenvalue weighted by Crippen LogP contribution is 2.24. The molecule has 0 aromatic heterocycles. The summed E-state index contributed by atoms with van der Waals surface area (Å²) in [6.07, 6.45) is 0. The van der Waals surface area contributed by atoms with Gasteiger partial charge in [-0.25, -0.2) is 4.39 Å². The van der Waals surface area contributed by atoms with E-state index < -0.39 is 0 Å². The van der Waals surface area contributed by atoms with E-state index in [0.717, 1.165) is 11.3 Å². The molecular formula is C15H15ClFN3O. The van der Waals surface area contributed by atoms with Crippen molar-refractivity contribution in [1.29, 1.82) is 0 Å². The maximum absolute atomic E-state index is 12.9. The van der Waals surface area contributed by atoms with Crippen LogP contribution in [0.5, 0.6) is 0 Å². The third-order valence-electron chi connectivity index (χ3n) is 3.11. The molecular weight excluding hydrogens is 293 g/mol. The van der Waals surface area contributed by atoms with Crippen LogP contribution >= 0.6 is 11.6 Å². The van der Waals surface area contributed by atoms with Gasteiger partial charge >= 0.3 is 0 Å². The first-order valence-electron chi connectivity index (χ1n) is 6.24. The van der Waals surface area contributed by atoms with E-state index >= 15 is 0 Å². The van der Waals surface area contributed by atoms with Crippen LogP contribution in [0.3, 0.4) is 0 Å². The van der Waals surface area contributed by atoms with E-state index in [1.807, 2.05) is 18.0 Å². The number of oxime groups is 1. The summed E-state index contributed by atoms with van der Waals surface area (Å²) >= 11 is 6.12. The predicted octanol–water partition coefficient (Wildman–Crippen LogP) is 3.21. The number of nitrogens with two attached hydrogens (primary N) is 1. The van der Waals surface area contributed by atoms with Gasteiger partial charge in [-0.15, -0.1) is 0 Å². The molecule has 0 saturated heterocycles. The normalized spacial score (nSPS) is 11.5. The van der Waals surface area contributed by atoms with E-state index in [0.29, 0.717) is 17.1 Å². The van der Waals surface area contributed by atoms with E-state index in [9.17, 15) is 4.39 Å². The molecule has 0 spiro atoms.